The zero-order chi connectivity index (χ0) is 14.4. The standard InChI is InChI=1S/C17H29N3/c1-17(2,3)20-13-11-19(12-14-20)10-9-18-15-16-7-5-4-6-8-16/h4-8,18H,9-15H2,1-3H3. The van der Waals surface area contributed by atoms with E-state index in [2.05, 4.69) is 66.2 Å². The molecule has 0 spiro atoms. The first-order valence-electron chi connectivity index (χ1n) is 7.78. The molecule has 0 aliphatic carbocycles. The number of hydrogen-bond acceptors (Lipinski definition) is 3. The summed E-state index contributed by atoms with van der Waals surface area (Å²) >= 11 is 0. The lowest BCUT2D eigenvalue weighted by Gasteiger charge is -2.42. The Kier molecular flexibility index (Phi) is 5.58. The van der Waals surface area contributed by atoms with E-state index in [1.54, 1.807) is 0 Å². The van der Waals surface area contributed by atoms with E-state index >= 15 is 0 Å². The van der Waals surface area contributed by atoms with Crippen molar-refractivity contribution in [3.05, 3.63) is 35.9 Å². The predicted molar refractivity (Wildman–Crippen MR) is 85.9 cm³/mol. The van der Waals surface area contributed by atoms with Gasteiger partial charge in [-0.3, -0.25) is 9.80 Å². The minimum Gasteiger partial charge on any atom is -0.311 e. The molecule has 3 heteroatoms. The summed E-state index contributed by atoms with van der Waals surface area (Å²) in [5, 5.41) is 3.54. The molecule has 0 radical (unpaired) electrons. The molecule has 1 aliphatic heterocycles. The zero-order valence-corrected chi connectivity index (χ0v) is 13.2. The second kappa shape index (κ2) is 7.21. The first-order valence-corrected chi connectivity index (χ1v) is 7.78. The van der Waals surface area contributed by atoms with E-state index in [1.165, 1.54) is 31.7 Å². The smallest absolute Gasteiger partial charge is 0.0206 e. The Balaban J connectivity index is 1.60. The van der Waals surface area contributed by atoms with Crippen LogP contribution in [0, 0.1) is 0 Å². The third-order valence-electron chi connectivity index (χ3n) is 4.10. The van der Waals surface area contributed by atoms with Gasteiger partial charge in [0.1, 0.15) is 0 Å². The first kappa shape index (κ1) is 15.5. The summed E-state index contributed by atoms with van der Waals surface area (Å²) < 4.78 is 0. The van der Waals surface area contributed by atoms with Crippen LogP contribution < -0.4 is 5.32 Å². The zero-order valence-electron chi connectivity index (χ0n) is 13.2. The van der Waals surface area contributed by atoms with Crippen molar-refractivity contribution in [3.8, 4) is 0 Å². The minimum absolute atomic E-state index is 0.317. The fourth-order valence-corrected chi connectivity index (χ4v) is 2.71. The van der Waals surface area contributed by atoms with E-state index in [0.717, 1.165) is 19.6 Å². The van der Waals surface area contributed by atoms with Crippen molar-refractivity contribution >= 4 is 0 Å². The van der Waals surface area contributed by atoms with Gasteiger partial charge in [-0.05, 0) is 26.3 Å². The molecular weight excluding hydrogens is 246 g/mol. The minimum atomic E-state index is 0.317. The van der Waals surface area contributed by atoms with Gasteiger partial charge in [0.2, 0.25) is 0 Å². The summed E-state index contributed by atoms with van der Waals surface area (Å²) in [5.41, 5.74) is 1.68. The van der Waals surface area contributed by atoms with Crippen molar-refractivity contribution in [2.24, 2.45) is 0 Å². The molecule has 0 saturated carbocycles. The van der Waals surface area contributed by atoms with Crippen LogP contribution in [0.3, 0.4) is 0 Å². The number of rotatable bonds is 5. The van der Waals surface area contributed by atoms with Crippen LogP contribution >= 0.6 is 0 Å². The second-order valence-corrected chi connectivity index (χ2v) is 6.66. The van der Waals surface area contributed by atoms with Crippen molar-refractivity contribution < 1.29 is 0 Å². The Hall–Kier alpha value is -0.900. The van der Waals surface area contributed by atoms with Gasteiger partial charge < -0.3 is 5.32 Å². The highest BCUT2D eigenvalue weighted by molar-refractivity contribution is 5.14. The SMILES string of the molecule is CC(C)(C)N1CCN(CCNCc2ccccc2)CC1. The lowest BCUT2D eigenvalue weighted by Crippen LogP contribution is -2.54. The Morgan fingerprint density at radius 1 is 1.00 bits per heavy atom. The number of nitrogens with zero attached hydrogens (tertiary/aromatic N) is 2. The fourth-order valence-electron chi connectivity index (χ4n) is 2.71. The van der Waals surface area contributed by atoms with E-state index in [4.69, 9.17) is 0 Å². The van der Waals surface area contributed by atoms with Crippen LogP contribution in [0.25, 0.3) is 0 Å². The molecule has 1 saturated heterocycles. The van der Waals surface area contributed by atoms with Crippen LogP contribution in [-0.2, 0) is 6.54 Å². The van der Waals surface area contributed by atoms with Crippen LogP contribution in [-0.4, -0.2) is 54.6 Å². The summed E-state index contributed by atoms with van der Waals surface area (Å²) in [6, 6.07) is 10.6. The molecule has 1 aromatic carbocycles. The molecule has 0 amide bonds. The number of piperazine rings is 1. The number of nitrogens with one attached hydrogen (secondary N) is 1. The van der Waals surface area contributed by atoms with Crippen molar-refractivity contribution in [1.29, 1.82) is 0 Å². The van der Waals surface area contributed by atoms with Crippen LogP contribution in [0.15, 0.2) is 30.3 Å². The van der Waals surface area contributed by atoms with Gasteiger partial charge in [-0.15, -0.1) is 0 Å². The topological polar surface area (TPSA) is 18.5 Å². The average molecular weight is 275 g/mol. The van der Waals surface area contributed by atoms with Crippen molar-refractivity contribution in [2.45, 2.75) is 32.9 Å². The van der Waals surface area contributed by atoms with E-state index in [9.17, 15) is 0 Å². The van der Waals surface area contributed by atoms with Crippen LogP contribution in [0.5, 0.6) is 0 Å². The number of benzene rings is 1. The molecule has 0 atom stereocenters. The molecule has 0 aromatic heterocycles. The van der Waals surface area contributed by atoms with Gasteiger partial charge in [0.05, 0.1) is 0 Å². The molecule has 0 bridgehead atoms. The third kappa shape index (κ3) is 4.89. The highest BCUT2D eigenvalue weighted by Crippen LogP contribution is 2.15. The predicted octanol–water partition coefficient (Wildman–Crippen LogP) is 2.19. The largest absolute Gasteiger partial charge is 0.311 e. The highest BCUT2D eigenvalue weighted by atomic mass is 15.3. The maximum Gasteiger partial charge on any atom is 0.0206 e. The summed E-state index contributed by atoms with van der Waals surface area (Å²) in [6.45, 7) is 14.9. The Morgan fingerprint density at radius 3 is 2.25 bits per heavy atom. The number of hydrogen-bond donors (Lipinski definition) is 1. The summed E-state index contributed by atoms with van der Waals surface area (Å²) in [7, 11) is 0. The Morgan fingerprint density at radius 2 is 1.65 bits per heavy atom. The summed E-state index contributed by atoms with van der Waals surface area (Å²) in [4.78, 5) is 5.15. The molecule has 1 N–H and O–H groups in total. The first-order chi connectivity index (χ1) is 9.55. The maximum atomic E-state index is 3.54. The normalized spacial score (nSPS) is 18.4. The van der Waals surface area contributed by atoms with Crippen LogP contribution in [0.4, 0.5) is 0 Å². The molecule has 1 heterocycles. The molecule has 2 rings (SSSR count). The van der Waals surface area contributed by atoms with E-state index in [1.807, 2.05) is 0 Å². The monoisotopic (exact) mass is 275 g/mol. The lowest BCUT2D eigenvalue weighted by atomic mass is 10.1. The average Bonchev–Trinajstić information content (AvgIpc) is 2.44. The van der Waals surface area contributed by atoms with Crippen molar-refractivity contribution in [1.82, 2.24) is 15.1 Å². The van der Waals surface area contributed by atoms with Gasteiger partial charge in [-0.1, -0.05) is 30.3 Å². The van der Waals surface area contributed by atoms with Gasteiger partial charge in [0.25, 0.3) is 0 Å². The maximum absolute atomic E-state index is 3.54. The highest BCUT2D eigenvalue weighted by Gasteiger charge is 2.25. The van der Waals surface area contributed by atoms with Gasteiger partial charge >= 0.3 is 0 Å². The Bertz CT molecular complexity index is 375. The van der Waals surface area contributed by atoms with Gasteiger partial charge in [0.15, 0.2) is 0 Å². The molecule has 0 unspecified atom stereocenters. The molecule has 1 aliphatic rings. The van der Waals surface area contributed by atoms with Crippen molar-refractivity contribution in [3.63, 3.8) is 0 Å². The summed E-state index contributed by atoms with van der Waals surface area (Å²) in [6.07, 6.45) is 0. The van der Waals surface area contributed by atoms with Gasteiger partial charge in [0, 0.05) is 51.4 Å². The molecule has 1 fully saturated rings. The van der Waals surface area contributed by atoms with Crippen LogP contribution in [0.2, 0.25) is 0 Å². The fraction of sp³-hybridized carbons (Fsp3) is 0.647. The quantitative estimate of drug-likeness (QED) is 0.831. The van der Waals surface area contributed by atoms with E-state index < -0.39 is 0 Å². The molecule has 112 valence electrons. The molecule has 20 heavy (non-hydrogen) atoms. The third-order valence-corrected chi connectivity index (χ3v) is 4.10. The second-order valence-electron chi connectivity index (χ2n) is 6.66. The lowest BCUT2D eigenvalue weighted by molar-refractivity contribution is 0.0628. The summed E-state index contributed by atoms with van der Waals surface area (Å²) in [5.74, 6) is 0. The van der Waals surface area contributed by atoms with Gasteiger partial charge in [-0.25, -0.2) is 0 Å². The molecule has 3 nitrogen and oxygen atoms in total. The van der Waals surface area contributed by atoms with E-state index in [0.29, 0.717) is 5.54 Å². The van der Waals surface area contributed by atoms with Crippen LogP contribution in [0.1, 0.15) is 26.3 Å². The molecule has 1 aromatic rings. The van der Waals surface area contributed by atoms with Crippen molar-refractivity contribution in [2.75, 3.05) is 39.3 Å². The molecular formula is C17H29N3. The van der Waals surface area contributed by atoms with Gasteiger partial charge in [-0.2, -0.15) is 0 Å². The Labute approximate surface area is 124 Å². The van der Waals surface area contributed by atoms with E-state index in [-0.39, 0.29) is 0 Å².